The summed E-state index contributed by atoms with van der Waals surface area (Å²) in [5, 5.41) is 6.79. The van der Waals surface area contributed by atoms with E-state index in [0.29, 0.717) is 19.1 Å². The minimum absolute atomic E-state index is 0.0609. The second-order valence-corrected chi connectivity index (χ2v) is 10.00. The molecule has 0 unspecified atom stereocenters. The first-order valence-electron chi connectivity index (χ1n) is 11.3. The van der Waals surface area contributed by atoms with Gasteiger partial charge in [0.05, 0.1) is 12.3 Å². The highest BCUT2D eigenvalue weighted by Crippen LogP contribution is 2.25. The first-order chi connectivity index (χ1) is 13.5. The van der Waals surface area contributed by atoms with Gasteiger partial charge in [-0.25, -0.2) is 12.7 Å². The Morgan fingerprint density at radius 1 is 1.04 bits per heavy atom. The molecule has 2 aliphatic rings. The van der Waals surface area contributed by atoms with Crippen molar-refractivity contribution in [3.63, 3.8) is 0 Å². The second-order valence-electron chi connectivity index (χ2n) is 7.91. The van der Waals surface area contributed by atoms with Crippen molar-refractivity contribution in [2.24, 2.45) is 4.99 Å². The Labute approximate surface area is 172 Å². The number of nitrogens with one attached hydrogen (secondary N) is 2. The van der Waals surface area contributed by atoms with Crippen molar-refractivity contribution in [2.45, 2.75) is 77.8 Å². The fraction of sp³-hybridized carbons (Fsp3) is 0.950. The van der Waals surface area contributed by atoms with Crippen molar-refractivity contribution in [2.75, 3.05) is 45.0 Å². The SMILES string of the molecule is CCNC(=NCCS(=O)(=O)N(CC)CC)NC1CCN(C2CCCCC2)CC1. The smallest absolute Gasteiger partial charge is 0.215 e. The van der Waals surface area contributed by atoms with E-state index in [4.69, 9.17) is 0 Å². The van der Waals surface area contributed by atoms with Crippen LogP contribution in [0.5, 0.6) is 0 Å². The number of nitrogens with zero attached hydrogens (tertiary/aromatic N) is 3. The number of piperidine rings is 1. The minimum atomic E-state index is -3.22. The van der Waals surface area contributed by atoms with Gasteiger partial charge in [-0.05, 0) is 32.6 Å². The van der Waals surface area contributed by atoms with Gasteiger partial charge in [0, 0.05) is 44.8 Å². The van der Waals surface area contributed by atoms with Crippen molar-refractivity contribution < 1.29 is 8.42 Å². The summed E-state index contributed by atoms with van der Waals surface area (Å²) in [5.74, 6) is 0.805. The summed E-state index contributed by atoms with van der Waals surface area (Å²) in [6.45, 7) is 10.2. The maximum atomic E-state index is 12.3. The normalized spacial score (nSPS) is 21.2. The summed E-state index contributed by atoms with van der Waals surface area (Å²) in [6, 6.07) is 1.21. The minimum Gasteiger partial charge on any atom is -0.357 e. The molecule has 8 heteroatoms. The molecule has 0 amide bonds. The van der Waals surface area contributed by atoms with Gasteiger partial charge < -0.3 is 15.5 Å². The van der Waals surface area contributed by atoms with E-state index in [-0.39, 0.29) is 12.3 Å². The van der Waals surface area contributed by atoms with Gasteiger partial charge in [0.1, 0.15) is 0 Å². The van der Waals surface area contributed by atoms with Gasteiger partial charge in [-0.1, -0.05) is 33.1 Å². The van der Waals surface area contributed by atoms with Crippen molar-refractivity contribution in [3.05, 3.63) is 0 Å². The van der Waals surface area contributed by atoms with Crippen LogP contribution in [0.1, 0.15) is 65.7 Å². The van der Waals surface area contributed by atoms with Crippen LogP contribution in [-0.2, 0) is 10.0 Å². The molecular weight excluding hydrogens is 374 g/mol. The fourth-order valence-electron chi connectivity index (χ4n) is 4.39. The number of rotatable bonds is 9. The molecule has 1 heterocycles. The standard InChI is InChI=1S/C20H41N5O2S/c1-4-21-20(22-14-17-28(26,27)25(5-2)6-3)23-18-12-15-24(16-13-18)19-10-8-7-9-11-19/h18-19H,4-17H2,1-3H3,(H2,21,22,23). The topological polar surface area (TPSA) is 77.0 Å². The zero-order chi connectivity index (χ0) is 20.4. The summed E-state index contributed by atoms with van der Waals surface area (Å²) >= 11 is 0. The van der Waals surface area contributed by atoms with Crippen LogP contribution in [0.25, 0.3) is 0 Å². The maximum Gasteiger partial charge on any atom is 0.215 e. The zero-order valence-electron chi connectivity index (χ0n) is 18.1. The highest BCUT2D eigenvalue weighted by molar-refractivity contribution is 7.89. The molecule has 0 spiro atoms. The highest BCUT2D eigenvalue weighted by Gasteiger charge is 2.26. The van der Waals surface area contributed by atoms with Crippen LogP contribution in [0.15, 0.2) is 4.99 Å². The monoisotopic (exact) mass is 415 g/mol. The van der Waals surface area contributed by atoms with Crippen molar-refractivity contribution in [1.82, 2.24) is 19.8 Å². The first kappa shape index (κ1) is 23.4. The van der Waals surface area contributed by atoms with Crippen LogP contribution in [0.3, 0.4) is 0 Å². The molecule has 1 saturated carbocycles. The molecule has 0 aromatic rings. The predicted molar refractivity (Wildman–Crippen MR) is 117 cm³/mol. The van der Waals surface area contributed by atoms with Crippen molar-refractivity contribution in [1.29, 1.82) is 0 Å². The summed E-state index contributed by atoms with van der Waals surface area (Å²) in [6.07, 6.45) is 9.15. The average Bonchev–Trinajstić information content (AvgIpc) is 2.70. The molecule has 1 saturated heterocycles. The molecule has 0 aromatic carbocycles. The number of aliphatic imine (C=N–C) groups is 1. The maximum absolute atomic E-state index is 12.3. The Morgan fingerprint density at radius 2 is 1.68 bits per heavy atom. The number of hydrogen-bond donors (Lipinski definition) is 2. The van der Waals surface area contributed by atoms with Crippen LogP contribution in [-0.4, -0.2) is 80.7 Å². The molecule has 7 nitrogen and oxygen atoms in total. The predicted octanol–water partition coefficient (Wildman–Crippen LogP) is 2.01. The van der Waals surface area contributed by atoms with Crippen LogP contribution in [0, 0.1) is 0 Å². The largest absolute Gasteiger partial charge is 0.357 e. The van der Waals surface area contributed by atoms with Gasteiger partial charge in [0.15, 0.2) is 5.96 Å². The fourth-order valence-corrected chi connectivity index (χ4v) is 5.75. The lowest BCUT2D eigenvalue weighted by molar-refractivity contribution is 0.119. The van der Waals surface area contributed by atoms with Gasteiger partial charge in [-0.2, -0.15) is 0 Å². The summed E-state index contributed by atoms with van der Waals surface area (Å²) in [7, 11) is -3.22. The van der Waals surface area contributed by atoms with Gasteiger partial charge in [-0.3, -0.25) is 4.99 Å². The highest BCUT2D eigenvalue weighted by atomic mass is 32.2. The van der Waals surface area contributed by atoms with Crippen LogP contribution in [0.2, 0.25) is 0 Å². The van der Waals surface area contributed by atoms with E-state index in [2.05, 4.69) is 20.5 Å². The Hall–Kier alpha value is -0.860. The Morgan fingerprint density at radius 3 is 2.25 bits per heavy atom. The summed E-state index contributed by atoms with van der Waals surface area (Å²) in [4.78, 5) is 7.21. The Balaban J connectivity index is 1.81. The van der Waals surface area contributed by atoms with Crippen molar-refractivity contribution in [3.8, 4) is 0 Å². The third kappa shape index (κ3) is 7.19. The molecule has 0 aromatic heterocycles. The number of sulfonamides is 1. The van der Waals surface area contributed by atoms with E-state index >= 15 is 0 Å². The lowest BCUT2D eigenvalue weighted by atomic mass is 9.92. The van der Waals surface area contributed by atoms with Crippen LogP contribution < -0.4 is 10.6 Å². The summed E-state index contributed by atoms with van der Waals surface area (Å²) < 4.78 is 26.1. The molecule has 2 fully saturated rings. The van der Waals surface area contributed by atoms with Crippen LogP contribution in [0.4, 0.5) is 0 Å². The van der Waals surface area contributed by atoms with E-state index in [1.807, 2.05) is 20.8 Å². The van der Waals surface area contributed by atoms with Gasteiger partial charge in [0.2, 0.25) is 10.0 Å². The number of likely N-dealkylation sites (tertiary alicyclic amines) is 1. The molecule has 1 aliphatic carbocycles. The first-order valence-corrected chi connectivity index (χ1v) is 12.9. The second kappa shape index (κ2) is 12.0. The Kier molecular flexibility index (Phi) is 10.0. The molecule has 0 atom stereocenters. The Bertz CT molecular complexity index is 563. The lowest BCUT2D eigenvalue weighted by Gasteiger charge is -2.39. The molecular formula is C20H41N5O2S. The third-order valence-corrected chi connectivity index (χ3v) is 8.03. The van der Waals surface area contributed by atoms with E-state index in [1.165, 1.54) is 36.4 Å². The quantitative estimate of drug-likeness (QED) is 0.445. The third-order valence-electron chi connectivity index (χ3n) is 6.02. The number of guanidine groups is 1. The molecule has 2 rings (SSSR count). The zero-order valence-corrected chi connectivity index (χ0v) is 18.9. The van der Waals surface area contributed by atoms with E-state index in [9.17, 15) is 8.42 Å². The summed E-state index contributed by atoms with van der Waals surface area (Å²) in [5.41, 5.74) is 0. The van der Waals surface area contributed by atoms with Crippen molar-refractivity contribution >= 4 is 16.0 Å². The van der Waals surface area contributed by atoms with Gasteiger partial charge >= 0.3 is 0 Å². The van der Waals surface area contributed by atoms with E-state index < -0.39 is 10.0 Å². The molecule has 1 aliphatic heterocycles. The number of hydrogen-bond acceptors (Lipinski definition) is 4. The van der Waals surface area contributed by atoms with Gasteiger partial charge in [0.25, 0.3) is 0 Å². The lowest BCUT2D eigenvalue weighted by Crippen LogP contribution is -2.51. The van der Waals surface area contributed by atoms with E-state index in [1.54, 1.807) is 0 Å². The average molecular weight is 416 g/mol. The molecule has 164 valence electrons. The molecule has 0 radical (unpaired) electrons. The molecule has 28 heavy (non-hydrogen) atoms. The van der Waals surface area contributed by atoms with Crippen LogP contribution >= 0.6 is 0 Å². The van der Waals surface area contributed by atoms with Gasteiger partial charge in [-0.15, -0.1) is 0 Å². The molecule has 2 N–H and O–H groups in total. The van der Waals surface area contributed by atoms with E-state index in [0.717, 1.165) is 44.5 Å². The molecule has 0 bridgehead atoms.